The van der Waals surface area contributed by atoms with E-state index in [0.717, 1.165) is 0 Å². The fourth-order valence-electron chi connectivity index (χ4n) is 1.21. The highest BCUT2D eigenvalue weighted by Gasteiger charge is 2.13. The van der Waals surface area contributed by atoms with E-state index < -0.39 is 12.2 Å². The molecule has 0 amide bonds. The molecule has 0 spiro atoms. The molecule has 0 aromatic rings. The van der Waals surface area contributed by atoms with Gasteiger partial charge >= 0.3 is 0 Å². The molecule has 0 saturated carbocycles. The van der Waals surface area contributed by atoms with Crippen molar-refractivity contribution in [3.05, 3.63) is 0 Å². The maximum absolute atomic E-state index is 9.35. The number of aliphatic hydroxyl groups is 3. The zero-order chi connectivity index (χ0) is 13.8. The summed E-state index contributed by atoms with van der Waals surface area (Å²) in [6, 6.07) is 0. The normalized spacial score (nSPS) is 16.5. The fraction of sp³-hybridized carbons (Fsp3) is 1.00. The second kappa shape index (κ2) is 11.8. The van der Waals surface area contributed by atoms with Crippen molar-refractivity contribution in [2.75, 3.05) is 53.9 Å². The molecule has 0 rings (SSSR count). The van der Waals surface area contributed by atoms with Gasteiger partial charge in [0.05, 0.1) is 39.6 Å². The quantitative estimate of drug-likeness (QED) is 0.392. The van der Waals surface area contributed by atoms with Crippen molar-refractivity contribution >= 4 is 0 Å². The molecule has 7 heteroatoms. The molecule has 110 valence electrons. The van der Waals surface area contributed by atoms with E-state index in [0.29, 0.717) is 6.61 Å². The van der Waals surface area contributed by atoms with Crippen LogP contribution in [-0.2, 0) is 18.9 Å². The Balaban J connectivity index is 3.75. The molecule has 0 saturated heterocycles. The standard InChI is InChI=1S/C11H24O7/c1-15-4-10(14)5-17-8-11(7-16-2)18-6-9(13)3-12/h9-14H,3-8H2,1-2H3. The van der Waals surface area contributed by atoms with Gasteiger partial charge in [0.25, 0.3) is 0 Å². The molecule has 0 fully saturated rings. The molecule has 0 heterocycles. The largest absolute Gasteiger partial charge is 0.394 e. The molecule has 3 atom stereocenters. The van der Waals surface area contributed by atoms with Crippen molar-refractivity contribution in [3.63, 3.8) is 0 Å². The summed E-state index contributed by atoms with van der Waals surface area (Å²) >= 11 is 0. The summed E-state index contributed by atoms with van der Waals surface area (Å²) in [5, 5.41) is 27.1. The number of hydrogen-bond acceptors (Lipinski definition) is 7. The van der Waals surface area contributed by atoms with Gasteiger partial charge in [-0.2, -0.15) is 0 Å². The van der Waals surface area contributed by atoms with Crippen LogP contribution >= 0.6 is 0 Å². The highest BCUT2D eigenvalue weighted by atomic mass is 16.6. The Hall–Kier alpha value is -0.280. The lowest BCUT2D eigenvalue weighted by atomic mass is 10.3. The summed E-state index contributed by atoms with van der Waals surface area (Å²) in [6.07, 6.45) is -1.95. The van der Waals surface area contributed by atoms with Crippen LogP contribution in [0, 0.1) is 0 Å². The molecule has 0 aromatic carbocycles. The van der Waals surface area contributed by atoms with Crippen LogP contribution in [0.15, 0.2) is 0 Å². The minimum Gasteiger partial charge on any atom is -0.394 e. The Bertz CT molecular complexity index is 179. The maximum Gasteiger partial charge on any atom is 0.104 e. The Morgan fingerprint density at radius 2 is 1.50 bits per heavy atom. The van der Waals surface area contributed by atoms with E-state index in [-0.39, 0.29) is 39.1 Å². The zero-order valence-electron chi connectivity index (χ0n) is 10.9. The molecule has 3 unspecified atom stereocenters. The number of hydrogen-bond donors (Lipinski definition) is 3. The summed E-state index contributed by atoms with van der Waals surface area (Å²) < 4.78 is 20.2. The molecule has 0 aliphatic carbocycles. The van der Waals surface area contributed by atoms with E-state index in [9.17, 15) is 5.11 Å². The lowest BCUT2D eigenvalue weighted by Crippen LogP contribution is -2.32. The smallest absolute Gasteiger partial charge is 0.104 e. The van der Waals surface area contributed by atoms with Gasteiger partial charge in [-0.1, -0.05) is 0 Å². The fourth-order valence-corrected chi connectivity index (χ4v) is 1.21. The van der Waals surface area contributed by atoms with Crippen molar-refractivity contribution in [1.29, 1.82) is 0 Å². The van der Waals surface area contributed by atoms with Crippen LogP contribution in [-0.4, -0.2) is 87.5 Å². The van der Waals surface area contributed by atoms with Gasteiger partial charge in [0.15, 0.2) is 0 Å². The van der Waals surface area contributed by atoms with Crippen LogP contribution < -0.4 is 0 Å². The Labute approximate surface area is 107 Å². The maximum atomic E-state index is 9.35. The second-order valence-electron chi connectivity index (χ2n) is 3.89. The summed E-state index contributed by atoms with van der Waals surface area (Å²) in [7, 11) is 3.02. The van der Waals surface area contributed by atoms with Crippen LogP contribution in [0.4, 0.5) is 0 Å². The van der Waals surface area contributed by atoms with Gasteiger partial charge < -0.3 is 34.3 Å². The van der Waals surface area contributed by atoms with Crippen molar-refractivity contribution in [2.45, 2.75) is 18.3 Å². The minimum atomic E-state index is -0.913. The summed E-state index contributed by atoms with van der Waals surface area (Å²) in [4.78, 5) is 0. The van der Waals surface area contributed by atoms with E-state index in [2.05, 4.69) is 0 Å². The average molecular weight is 268 g/mol. The molecule has 18 heavy (non-hydrogen) atoms. The lowest BCUT2D eigenvalue weighted by molar-refractivity contribution is -0.0936. The first-order chi connectivity index (χ1) is 8.63. The van der Waals surface area contributed by atoms with Gasteiger partial charge in [0.2, 0.25) is 0 Å². The molecule has 0 aliphatic heterocycles. The molecule has 3 N–H and O–H groups in total. The zero-order valence-corrected chi connectivity index (χ0v) is 10.9. The molecular formula is C11H24O7. The molecule has 0 bridgehead atoms. The summed E-state index contributed by atoms with van der Waals surface area (Å²) in [5.41, 5.74) is 0. The van der Waals surface area contributed by atoms with Crippen molar-refractivity contribution in [3.8, 4) is 0 Å². The first-order valence-corrected chi connectivity index (χ1v) is 5.78. The number of rotatable bonds is 12. The average Bonchev–Trinajstić information content (AvgIpc) is 2.35. The van der Waals surface area contributed by atoms with Gasteiger partial charge in [0.1, 0.15) is 18.3 Å². The first kappa shape index (κ1) is 17.7. The number of aliphatic hydroxyl groups excluding tert-OH is 3. The summed E-state index contributed by atoms with van der Waals surface area (Å²) in [6.45, 7) is 0.534. The van der Waals surface area contributed by atoms with Crippen LogP contribution in [0.2, 0.25) is 0 Å². The van der Waals surface area contributed by atoms with Crippen LogP contribution in [0.3, 0.4) is 0 Å². The topological polar surface area (TPSA) is 97.6 Å². The van der Waals surface area contributed by atoms with Crippen LogP contribution in [0.25, 0.3) is 0 Å². The van der Waals surface area contributed by atoms with Gasteiger partial charge in [-0.05, 0) is 0 Å². The molecule has 7 nitrogen and oxygen atoms in total. The molecule has 0 aliphatic rings. The summed E-state index contributed by atoms with van der Waals surface area (Å²) in [5.74, 6) is 0. The van der Waals surface area contributed by atoms with Gasteiger partial charge in [-0.15, -0.1) is 0 Å². The SMILES string of the molecule is COCC(O)COCC(COC)OCC(O)CO. The third kappa shape index (κ3) is 9.72. The second-order valence-corrected chi connectivity index (χ2v) is 3.89. The molecule has 0 aromatic heterocycles. The molecule has 0 radical (unpaired) electrons. The molecular weight excluding hydrogens is 244 g/mol. The van der Waals surface area contributed by atoms with E-state index in [1.54, 1.807) is 0 Å². The van der Waals surface area contributed by atoms with Gasteiger partial charge in [-0.25, -0.2) is 0 Å². The Morgan fingerprint density at radius 3 is 2.06 bits per heavy atom. The van der Waals surface area contributed by atoms with Crippen molar-refractivity contribution in [1.82, 2.24) is 0 Å². The number of methoxy groups -OCH3 is 2. The highest BCUT2D eigenvalue weighted by molar-refractivity contribution is 4.59. The minimum absolute atomic E-state index is 0.00844. The predicted octanol–water partition coefficient (Wildman–Crippen LogP) is -1.60. The van der Waals surface area contributed by atoms with Crippen LogP contribution in [0.5, 0.6) is 0 Å². The van der Waals surface area contributed by atoms with E-state index in [4.69, 9.17) is 29.2 Å². The van der Waals surface area contributed by atoms with Crippen LogP contribution in [0.1, 0.15) is 0 Å². The van der Waals surface area contributed by atoms with Crippen molar-refractivity contribution in [2.24, 2.45) is 0 Å². The van der Waals surface area contributed by atoms with Crippen molar-refractivity contribution < 1.29 is 34.3 Å². The Morgan fingerprint density at radius 1 is 0.833 bits per heavy atom. The Kier molecular flexibility index (Phi) is 11.6. The lowest BCUT2D eigenvalue weighted by Gasteiger charge is -2.19. The predicted molar refractivity (Wildman–Crippen MR) is 63.4 cm³/mol. The number of ether oxygens (including phenoxy) is 4. The van der Waals surface area contributed by atoms with Gasteiger partial charge in [-0.3, -0.25) is 0 Å². The highest BCUT2D eigenvalue weighted by Crippen LogP contribution is 1.98. The van der Waals surface area contributed by atoms with E-state index in [1.807, 2.05) is 0 Å². The van der Waals surface area contributed by atoms with E-state index in [1.165, 1.54) is 14.2 Å². The third-order valence-electron chi connectivity index (χ3n) is 2.06. The monoisotopic (exact) mass is 268 g/mol. The van der Waals surface area contributed by atoms with Gasteiger partial charge in [0, 0.05) is 14.2 Å². The first-order valence-electron chi connectivity index (χ1n) is 5.78. The van der Waals surface area contributed by atoms with E-state index >= 15 is 0 Å². The third-order valence-corrected chi connectivity index (χ3v) is 2.06.